The number of carbonyl (C=O) groups is 1. The highest BCUT2D eigenvalue weighted by Crippen LogP contribution is 2.35. The zero-order valence-corrected chi connectivity index (χ0v) is 20.8. The predicted octanol–water partition coefficient (Wildman–Crippen LogP) is 4.90. The molecule has 0 atom stereocenters. The van der Waals surface area contributed by atoms with Gasteiger partial charge in [-0.2, -0.15) is 0 Å². The van der Waals surface area contributed by atoms with E-state index in [-0.39, 0.29) is 23.7 Å². The summed E-state index contributed by atoms with van der Waals surface area (Å²) in [5, 5.41) is 12.5. The van der Waals surface area contributed by atoms with Crippen LogP contribution in [0.1, 0.15) is 27.2 Å². The van der Waals surface area contributed by atoms with Gasteiger partial charge in [-0.1, -0.05) is 23.5 Å². The van der Waals surface area contributed by atoms with Gasteiger partial charge in [0.05, 0.1) is 40.6 Å². The minimum absolute atomic E-state index is 0.101. The van der Waals surface area contributed by atoms with Crippen molar-refractivity contribution in [2.75, 3.05) is 36.1 Å². The summed E-state index contributed by atoms with van der Waals surface area (Å²) in [4.78, 5) is 38.0. The van der Waals surface area contributed by atoms with E-state index < -0.39 is 4.92 Å². The average Bonchev–Trinajstić information content (AvgIpc) is 3.32. The number of morpholine rings is 1. The Bertz CT molecular complexity index is 1430. The highest BCUT2D eigenvalue weighted by atomic mass is 32.1. The van der Waals surface area contributed by atoms with Crippen LogP contribution in [-0.4, -0.2) is 47.1 Å². The molecule has 1 aliphatic rings. The van der Waals surface area contributed by atoms with Crippen molar-refractivity contribution >= 4 is 44.0 Å². The lowest BCUT2D eigenvalue weighted by Crippen LogP contribution is -2.36. The Kier molecular flexibility index (Phi) is 6.62. The molecule has 1 amide bonds. The van der Waals surface area contributed by atoms with Crippen molar-refractivity contribution in [3.05, 3.63) is 87.2 Å². The number of amides is 1. The topological polar surface area (TPSA) is 102 Å². The number of aryl methyl sites for hydroxylation is 2. The predicted molar refractivity (Wildman–Crippen MR) is 140 cm³/mol. The van der Waals surface area contributed by atoms with Crippen LogP contribution in [0.3, 0.4) is 0 Å². The second kappa shape index (κ2) is 10.00. The van der Waals surface area contributed by atoms with Crippen molar-refractivity contribution in [1.82, 2.24) is 9.97 Å². The third kappa shape index (κ3) is 4.77. The Morgan fingerprint density at radius 1 is 1.17 bits per heavy atom. The zero-order valence-electron chi connectivity index (χ0n) is 20.0. The summed E-state index contributed by atoms with van der Waals surface area (Å²) in [6.07, 6.45) is 1.67. The molecule has 2 aromatic heterocycles. The maximum atomic E-state index is 13.8. The largest absolute Gasteiger partial charge is 0.378 e. The number of carbonyl (C=O) groups excluding carboxylic acids is 1. The Hall–Kier alpha value is -3.89. The number of rotatable bonds is 6. The lowest BCUT2D eigenvalue weighted by atomic mass is 10.1. The summed E-state index contributed by atoms with van der Waals surface area (Å²) in [5.74, 6) is -0.370. The molecule has 5 rings (SSSR count). The smallest absolute Gasteiger partial charge is 0.293 e. The first-order valence-electron chi connectivity index (χ1n) is 11.6. The molecule has 0 radical (unpaired) electrons. The van der Waals surface area contributed by atoms with E-state index in [9.17, 15) is 14.9 Å². The molecular weight excluding hydrogens is 478 g/mol. The molecule has 36 heavy (non-hydrogen) atoms. The number of nitrogens with zero attached hydrogens (tertiary/aromatic N) is 5. The van der Waals surface area contributed by atoms with Gasteiger partial charge >= 0.3 is 0 Å². The third-order valence-corrected chi connectivity index (χ3v) is 7.14. The SMILES string of the molecule is Cc1cc(C)c2nc(N(Cc3ccccn3)C(=O)c3ccc(N4CCOCC4)c([N+](=O)[O-])c3)sc2c1. The number of hydrogen-bond donors (Lipinski definition) is 0. The molecule has 184 valence electrons. The van der Waals surface area contributed by atoms with Gasteiger partial charge in [-0.05, 0) is 55.3 Å². The third-order valence-electron chi connectivity index (χ3n) is 6.11. The van der Waals surface area contributed by atoms with Crippen LogP contribution in [0, 0.1) is 24.0 Å². The lowest BCUT2D eigenvalue weighted by Gasteiger charge is -2.28. The number of fused-ring (bicyclic) bond motifs is 1. The van der Waals surface area contributed by atoms with Crippen molar-refractivity contribution in [3.8, 4) is 0 Å². The van der Waals surface area contributed by atoms with Crippen LogP contribution in [0.15, 0.2) is 54.7 Å². The summed E-state index contributed by atoms with van der Waals surface area (Å²) >= 11 is 1.42. The quantitative estimate of drug-likeness (QED) is 0.272. The number of aromatic nitrogens is 2. The van der Waals surface area contributed by atoms with Gasteiger partial charge in [-0.3, -0.25) is 24.8 Å². The Morgan fingerprint density at radius 2 is 1.97 bits per heavy atom. The van der Waals surface area contributed by atoms with E-state index in [1.165, 1.54) is 17.4 Å². The fourth-order valence-electron chi connectivity index (χ4n) is 4.38. The van der Waals surface area contributed by atoms with Crippen LogP contribution in [0.5, 0.6) is 0 Å². The first kappa shape index (κ1) is 23.8. The van der Waals surface area contributed by atoms with Crippen LogP contribution in [0.25, 0.3) is 10.2 Å². The highest BCUT2D eigenvalue weighted by Gasteiger charge is 2.27. The number of ether oxygens (including phenoxy) is 1. The standard InChI is InChI=1S/C26H25N5O4S/c1-17-13-18(2)24-23(14-17)36-26(28-24)30(16-20-5-3-4-8-27-20)25(32)19-6-7-21(22(15-19)31(33)34)29-9-11-35-12-10-29/h3-8,13-15H,9-12,16H2,1-2H3. The molecule has 0 bridgehead atoms. The van der Waals surface area contributed by atoms with Crippen molar-refractivity contribution in [2.45, 2.75) is 20.4 Å². The zero-order chi connectivity index (χ0) is 25.2. The molecule has 1 aliphatic heterocycles. The van der Waals surface area contributed by atoms with Crippen LogP contribution in [0.4, 0.5) is 16.5 Å². The molecule has 1 saturated heterocycles. The summed E-state index contributed by atoms with van der Waals surface area (Å²) in [6, 6.07) is 14.3. The van der Waals surface area contributed by atoms with E-state index in [1.54, 1.807) is 23.2 Å². The summed E-state index contributed by atoms with van der Waals surface area (Å²) in [6.45, 7) is 6.35. The van der Waals surface area contributed by atoms with Crippen molar-refractivity contribution in [1.29, 1.82) is 0 Å². The molecule has 0 saturated carbocycles. The second-order valence-corrected chi connectivity index (χ2v) is 9.71. The van der Waals surface area contributed by atoms with Crippen LogP contribution in [-0.2, 0) is 11.3 Å². The first-order chi connectivity index (χ1) is 17.4. The van der Waals surface area contributed by atoms with Gasteiger partial charge in [0.25, 0.3) is 11.6 Å². The maximum Gasteiger partial charge on any atom is 0.293 e. The van der Waals surface area contributed by atoms with E-state index >= 15 is 0 Å². The molecular formula is C26H25N5O4S. The van der Waals surface area contributed by atoms with E-state index in [0.717, 1.165) is 21.3 Å². The van der Waals surface area contributed by atoms with Crippen molar-refractivity contribution in [3.63, 3.8) is 0 Å². The molecule has 3 heterocycles. The number of pyridine rings is 1. The van der Waals surface area contributed by atoms with Crippen molar-refractivity contribution < 1.29 is 14.5 Å². The number of nitro groups is 1. The van der Waals surface area contributed by atoms with Gasteiger partial charge in [0.15, 0.2) is 5.13 Å². The Labute approximate surface area is 212 Å². The summed E-state index contributed by atoms with van der Waals surface area (Å²) in [5.41, 5.74) is 4.29. The van der Waals surface area contributed by atoms with E-state index in [2.05, 4.69) is 17.1 Å². The fraction of sp³-hybridized carbons (Fsp3) is 0.269. The van der Waals surface area contributed by atoms with E-state index in [4.69, 9.17) is 9.72 Å². The number of thiazole rings is 1. The maximum absolute atomic E-state index is 13.8. The second-order valence-electron chi connectivity index (χ2n) is 8.70. The van der Waals surface area contributed by atoms with Gasteiger partial charge in [0, 0.05) is 30.9 Å². The molecule has 0 spiro atoms. The molecule has 4 aromatic rings. The number of hydrogen-bond acceptors (Lipinski definition) is 8. The van der Waals surface area contributed by atoms with Crippen LogP contribution in [0.2, 0.25) is 0 Å². The van der Waals surface area contributed by atoms with Crippen LogP contribution >= 0.6 is 11.3 Å². The molecule has 0 N–H and O–H groups in total. The Balaban J connectivity index is 1.56. The first-order valence-corrected chi connectivity index (χ1v) is 12.4. The lowest BCUT2D eigenvalue weighted by molar-refractivity contribution is -0.384. The van der Waals surface area contributed by atoms with Gasteiger partial charge in [0.2, 0.25) is 0 Å². The number of benzene rings is 2. The van der Waals surface area contributed by atoms with Gasteiger partial charge in [-0.25, -0.2) is 4.98 Å². The van der Waals surface area contributed by atoms with Gasteiger partial charge < -0.3 is 9.64 Å². The van der Waals surface area contributed by atoms with E-state index in [1.807, 2.05) is 36.9 Å². The van der Waals surface area contributed by atoms with Gasteiger partial charge in [0.1, 0.15) is 5.69 Å². The molecule has 9 nitrogen and oxygen atoms in total. The van der Waals surface area contributed by atoms with Crippen molar-refractivity contribution in [2.24, 2.45) is 0 Å². The van der Waals surface area contributed by atoms with E-state index in [0.29, 0.717) is 42.8 Å². The molecule has 0 unspecified atom stereocenters. The molecule has 0 aliphatic carbocycles. The summed E-state index contributed by atoms with van der Waals surface area (Å²) in [7, 11) is 0. The number of nitro benzene ring substituents is 1. The molecule has 2 aromatic carbocycles. The minimum atomic E-state index is -0.436. The average molecular weight is 504 g/mol. The Morgan fingerprint density at radius 3 is 2.69 bits per heavy atom. The molecule has 1 fully saturated rings. The monoisotopic (exact) mass is 503 g/mol. The molecule has 10 heteroatoms. The number of anilines is 2. The minimum Gasteiger partial charge on any atom is -0.378 e. The van der Waals surface area contributed by atoms with Gasteiger partial charge in [-0.15, -0.1) is 0 Å². The van der Waals surface area contributed by atoms with Crippen LogP contribution < -0.4 is 9.80 Å². The fourth-order valence-corrected chi connectivity index (χ4v) is 5.52. The summed E-state index contributed by atoms with van der Waals surface area (Å²) < 4.78 is 6.36. The highest BCUT2D eigenvalue weighted by molar-refractivity contribution is 7.22. The normalized spacial score (nSPS) is 13.7.